The molecule has 1 atom stereocenters. The molecule has 0 aromatic heterocycles. The van der Waals surface area contributed by atoms with Crippen molar-refractivity contribution >= 4 is 17.6 Å². The van der Waals surface area contributed by atoms with E-state index in [4.69, 9.17) is 0 Å². The van der Waals surface area contributed by atoms with Crippen molar-refractivity contribution in [2.75, 3.05) is 44.2 Å². The average molecular weight is 349 g/mol. The van der Waals surface area contributed by atoms with Crippen LogP contribution in [0, 0.1) is 5.82 Å². The summed E-state index contributed by atoms with van der Waals surface area (Å²) in [5.41, 5.74) is 0.967. The molecule has 7 heteroatoms. The fourth-order valence-electron chi connectivity index (χ4n) is 3.64. The van der Waals surface area contributed by atoms with Crippen LogP contribution in [0.3, 0.4) is 0 Å². The van der Waals surface area contributed by atoms with Crippen LogP contribution in [0.15, 0.2) is 24.3 Å². The standard InChI is InChI=1S/C18H24FN3O3/c19-14-3-5-15(6-4-14)20-10-12-22(13-11-20)17(23)7-9-21-8-1-2-16(21)18(24)25/h3-6,16H,1-2,7-13H2,(H,24,25). The number of piperazine rings is 1. The van der Waals surface area contributed by atoms with Gasteiger partial charge in [0.2, 0.25) is 5.91 Å². The van der Waals surface area contributed by atoms with E-state index in [1.165, 1.54) is 12.1 Å². The van der Waals surface area contributed by atoms with Gasteiger partial charge in [-0.25, -0.2) is 4.39 Å². The number of aliphatic carboxylic acids is 1. The number of amides is 1. The summed E-state index contributed by atoms with van der Waals surface area (Å²) in [5, 5.41) is 9.19. The molecule has 0 bridgehead atoms. The van der Waals surface area contributed by atoms with E-state index in [1.54, 1.807) is 12.1 Å². The minimum Gasteiger partial charge on any atom is -0.480 e. The number of hydrogen-bond donors (Lipinski definition) is 1. The maximum absolute atomic E-state index is 13.0. The van der Waals surface area contributed by atoms with E-state index in [9.17, 15) is 19.1 Å². The highest BCUT2D eigenvalue weighted by Gasteiger charge is 2.31. The molecule has 1 aromatic carbocycles. The largest absolute Gasteiger partial charge is 0.480 e. The monoisotopic (exact) mass is 349 g/mol. The van der Waals surface area contributed by atoms with Crippen LogP contribution in [-0.4, -0.2) is 72.1 Å². The summed E-state index contributed by atoms with van der Waals surface area (Å²) in [4.78, 5) is 29.5. The molecule has 25 heavy (non-hydrogen) atoms. The fraction of sp³-hybridized carbons (Fsp3) is 0.556. The number of hydrogen-bond acceptors (Lipinski definition) is 4. The highest BCUT2D eigenvalue weighted by Crippen LogP contribution is 2.19. The Morgan fingerprint density at radius 2 is 1.76 bits per heavy atom. The summed E-state index contributed by atoms with van der Waals surface area (Å²) < 4.78 is 13.0. The number of carboxylic acids is 1. The molecular formula is C18H24FN3O3. The number of likely N-dealkylation sites (tertiary alicyclic amines) is 1. The van der Waals surface area contributed by atoms with Gasteiger partial charge < -0.3 is 14.9 Å². The maximum Gasteiger partial charge on any atom is 0.320 e. The molecule has 1 aromatic rings. The first-order chi connectivity index (χ1) is 12.0. The zero-order valence-electron chi connectivity index (χ0n) is 14.2. The minimum atomic E-state index is -0.794. The third-order valence-electron chi connectivity index (χ3n) is 5.09. The number of benzene rings is 1. The second-order valence-corrected chi connectivity index (χ2v) is 6.63. The fourth-order valence-corrected chi connectivity index (χ4v) is 3.64. The van der Waals surface area contributed by atoms with Gasteiger partial charge in [0.15, 0.2) is 0 Å². The Morgan fingerprint density at radius 1 is 1.08 bits per heavy atom. The van der Waals surface area contributed by atoms with Gasteiger partial charge in [0, 0.05) is 44.8 Å². The van der Waals surface area contributed by atoms with E-state index in [-0.39, 0.29) is 11.7 Å². The molecule has 2 aliphatic heterocycles. The number of nitrogens with zero attached hydrogens (tertiary/aromatic N) is 3. The Hall–Kier alpha value is -2.15. The smallest absolute Gasteiger partial charge is 0.320 e. The molecule has 1 N–H and O–H groups in total. The molecule has 2 heterocycles. The Bertz CT molecular complexity index is 614. The molecule has 6 nitrogen and oxygen atoms in total. The number of carbonyl (C=O) groups excluding carboxylic acids is 1. The average Bonchev–Trinajstić information content (AvgIpc) is 3.09. The van der Waals surface area contributed by atoms with E-state index in [0.29, 0.717) is 32.5 Å². The van der Waals surface area contributed by atoms with Crippen molar-refractivity contribution in [3.63, 3.8) is 0 Å². The number of anilines is 1. The van der Waals surface area contributed by atoms with Crippen molar-refractivity contribution < 1.29 is 19.1 Å². The summed E-state index contributed by atoms with van der Waals surface area (Å²) in [6, 6.07) is 5.96. The summed E-state index contributed by atoms with van der Waals surface area (Å²) >= 11 is 0. The van der Waals surface area contributed by atoms with Crippen LogP contribution in [0.1, 0.15) is 19.3 Å². The van der Waals surface area contributed by atoms with Crippen LogP contribution in [-0.2, 0) is 9.59 Å². The van der Waals surface area contributed by atoms with Gasteiger partial charge in [-0.2, -0.15) is 0 Å². The van der Waals surface area contributed by atoms with E-state index in [1.807, 2.05) is 9.80 Å². The molecule has 0 aliphatic carbocycles. The van der Waals surface area contributed by atoms with Crippen LogP contribution in [0.5, 0.6) is 0 Å². The lowest BCUT2D eigenvalue weighted by Crippen LogP contribution is -2.49. The SMILES string of the molecule is O=C(O)C1CCCN1CCC(=O)N1CCN(c2ccc(F)cc2)CC1. The Morgan fingerprint density at radius 3 is 2.40 bits per heavy atom. The second kappa shape index (κ2) is 7.82. The molecular weight excluding hydrogens is 325 g/mol. The number of carboxylic acid groups (broad SMARTS) is 1. The van der Waals surface area contributed by atoms with Gasteiger partial charge in [-0.1, -0.05) is 0 Å². The molecule has 136 valence electrons. The van der Waals surface area contributed by atoms with Gasteiger partial charge in [0.1, 0.15) is 11.9 Å². The van der Waals surface area contributed by atoms with Crippen LogP contribution in [0.4, 0.5) is 10.1 Å². The summed E-state index contributed by atoms with van der Waals surface area (Å²) in [6.07, 6.45) is 1.90. The van der Waals surface area contributed by atoms with Crippen LogP contribution < -0.4 is 4.90 Å². The third kappa shape index (κ3) is 4.28. The lowest BCUT2D eigenvalue weighted by Gasteiger charge is -2.36. The predicted molar refractivity (Wildman–Crippen MR) is 92.0 cm³/mol. The first kappa shape index (κ1) is 17.7. The lowest BCUT2D eigenvalue weighted by molar-refractivity contribution is -0.143. The van der Waals surface area contributed by atoms with Crippen LogP contribution in [0.25, 0.3) is 0 Å². The van der Waals surface area contributed by atoms with Crippen LogP contribution >= 0.6 is 0 Å². The van der Waals surface area contributed by atoms with Gasteiger partial charge >= 0.3 is 5.97 Å². The molecule has 0 saturated carbocycles. The predicted octanol–water partition coefficient (Wildman–Crippen LogP) is 1.41. The van der Waals surface area contributed by atoms with Crippen molar-refractivity contribution in [3.05, 3.63) is 30.1 Å². The quantitative estimate of drug-likeness (QED) is 0.871. The first-order valence-corrected chi connectivity index (χ1v) is 8.80. The highest BCUT2D eigenvalue weighted by atomic mass is 19.1. The zero-order chi connectivity index (χ0) is 17.8. The summed E-state index contributed by atoms with van der Waals surface area (Å²) in [6.45, 7) is 3.98. The van der Waals surface area contributed by atoms with Crippen molar-refractivity contribution in [2.45, 2.75) is 25.3 Å². The topological polar surface area (TPSA) is 64.1 Å². The van der Waals surface area contributed by atoms with Gasteiger partial charge in [-0.05, 0) is 43.7 Å². The van der Waals surface area contributed by atoms with E-state index >= 15 is 0 Å². The van der Waals surface area contributed by atoms with Crippen molar-refractivity contribution in [2.24, 2.45) is 0 Å². The normalized spacial score (nSPS) is 21.6. The van der Waals surface area contributed by atoms with Gasteiger partial charge in [0.25, 0.3) is 0 Å². The van der Waals surface area contributed by atoms with E-state index in [2.05, 4.69) is 4.90 Å². The Labute approximate surface area is 146 Å². The molecule has 0 spiro atoms. The van der Waals surface area contributed by atoms with Gasteiger partial charge in [-0.3, -0.25) is 14.5 Å². The Balaban J connectivity index is 1.45. The minimum absolute atomic E-state index is 0.0785. The molecule has 1 amide bonds. The number of rotatable bonds is 5. The van der Waals surface area contributed by atoms with E-state index in [0.717, 1.165) is 31.7 Å². The van der Waals surface area contributed by atoms with E-state index < -0.39 is 12.0 Å². The van der Waals surface area contributed by atoms with Crippen molar-refractivity contribution in [3.8, 4) is 0 Å². The highest BCUT2D eigenvalue weighted by molar-refractivity contribution is 5.77. The van der Waals surface area contributed by atoms with Crippen LogP contribution in [0.2, 0.25) is 0 Å². The third-order valence-corrected chi connectivity index (χ3v) is 5.09. The van der Waals surface area contributed by atoms with Crippen molar-refractivity contribution in [1.29, 1.82) is 0 Å². The van der Waals surface area contributed by atoms with Gasteiger partial charge in [-0.15, -0.1) is 0 Å². The molecule has 2 aliphatic rings. The Kier molecular flexibility index (Phi) is 5.53. The zero-order valence-corrected chi connectivity index (χ0v) is 14.2. The van der Waals surface area contributed by atoms with Gasteiger partial charge in [0.05, 0.1) is 0 Å². The second-order valence-electron chi connectivity index (χ2n) is 6.63. The molecule has 0 radical (unpaired) electrons. The summed E-state index contributed by atoms with van der Waals surface area (Å²) in [7, 11) is 0. The van der Waals surface area contributed by atoms with Crippen molar-refractivity contribution in [1.82, 2.24) is 9.80 Å². The first-order valence-electron chi connectivity index (χ1n) is 8.80. The number of carbonyl (C=O) groups is 2. The number of halogens is 1. The molecule has 2 fully saturated rings. The molecule has 2 saturated heterocycles. The summed E-state index contributed by atoms with van der Waals surface area (Å²) in [5.74, 6) is -0.966. The molecule has 3 rings (SSSR count). The maximum atomic E-state index is 13.0. The molecule has 1 unspecified atom stereocenters. The lowest BCUT2D eigenvalue weighted by atomic mass is 10.2.